The number of benzene rings is 4. The molecule has 4 aromatic rings. The Morgan fingerprint density at radius 3 is 2.20 bits per heavy atom. The third kappa shape index (κ3) is 8.57. The number of rotatable bonds is 11. The molecule has 0 aliphatic rings. The maximum Gasteiger partial charge on any atom is 0.272 e. The zero-order valence-electron chi connectivity index (χ0n) is 24.0. The lowest BCUT2D eigenvalue weighted by Gasteiger charge is -2.16. The number of carbonyl (C=O) groups excluding carboxylic acids is 3. The predicted molar refractivity (Wildman–Crippen MR) is 177 cm³/mol. The molecule has 0 spiro atoms. The molecule has 4 aromatic carbocycles. The normalized spacial score (nSPS) is 11.7. The molecule has 3 N–H and O–H groups in total. The minimum absolute atomic E-state index is 0.0620. The van der Waals surface area contributed by atoms with Crippen LogP contribution in [0.25, 0.3) is 6.08 Å². The lowest BCUT2D eigenvalue weighted by molar-refractivity contribution is -0.115. The molecule has 1 unspecified atom stereocenters. The van der Waals surface area contributed by atoms with Gasteiger partial charge in [0, 0.05) is 37.8 Å². The second kappa shape index (κ2) is 15.3. The van der Waals surface area contributed by atoms with Gasteiger partial charge in [-0.2, -0.15) is 0 Å². The number of amides is 3. The summed E-state index contributed by atoms with van der Waals surface area (Å²) in [7, 11) is 3.06. The molecule has 226 valence electrons. The van der Waals surface area contributed by atoms with Gasteiger partial charge in [0.2, 0.25) is 5.91 Å². The molecule has 1 atom stereocenters. The summed E-state index contributed by atoms with van der Waals surface area (Å²) >= 11 is 14.0. The Labute approximate surface area is 269 Å². The number of hydrogen-bond acceptors (Lipinski definition) is 6. The van der Waals surface area contributed by atoms with Crippen LogP contribution in [-0.4, -0.2) is 37.2 Å². The Balaban J connectivity index is 1.50. The standard InChI is InChI=1S/C33H29Cl2N3O5S/c1-20(31(39)37-28-16-15-23(42-2)18-30(28)43-3)44-24-12-7-11-22(17-24)36-33(41)29(19-25-26(34)13-8-14-27(25)35)38-32(40)21-9-5-4-6-10-21/h4-20H,1-3H3,(H,36,41)(H,37,39)(H,38,40)/b29-19+. The SMILES string of the molecule is COc1ccc(NC(=O)C(C)Sc2cccc(NC(=O)/C(=C\c3c(Cl)cccc3Cl)NC(=O)c3ccccc3)c2)c(OC)c1. The van der Waals surface area contributed by atoms with Crippen LogP contribution < -0.4 is 25.4 Å². The van der Waals surface area contributed by atoms with Crippen molar-refractivity contribution in [1.29, 1.82) is 0 Å². The molecule has 4 rings (SSSR count). The predicted octanol–water partition coefficient (Wildman–Crippen LogP) is 7.54. The van der Waals surface area contributed by atoms with Crippen molar-refractivity contribution in [3.8, 4) is 11.5 Å². The van der Waals surface area contributed by atoms with E-state index in [0.29, 0.717) is 44.0 Å². The second-order valence-electron chi connectivity index (χ2n) is 9.31. The molecule has 0 bridgehead atoms. The van der Waals surface area contributed by atoms with Gasteiger partial charge in [-0.25, -0.2) is 0 Å². The summed E-state index contributed by atoms with van der Waals surface area (Å²) in [6.45, 7) is 1.77. The largest absolute Gasteiger partial charge is 0.497 e. The highest BCUT2D eigenvalue weighted by molar-refractivity contribution is 8.00. The first-order valence-electron chi connectivity index (χ1n) is 13.3. The lowest BCUT2D eigenvalue weighted by atomic mass is 10.1. The molecule has 0 heterocycles. The average Bonchev–Trinajstić information content (AvgIpc) is 3.02. The summed E-state index contributed by atoms with van der Waals surface area (Å²) in [5, 5.41) is 8.51. The maximum absolute atomic E-state index is 13.5. The Bertz CT molecular complexity index is 1680. The van der Waals surface area contributed by atoms with Gasteiger partial charge < -0.3 is 25.4 Å². The number of methoxy groups -OCH3 is 2. The van der Waals surface area contributed by atoms with Gasteiger partial charge in [0.05, 0.1) is 25.2 Å². The van der Waals surface area contributed by atoms with E-state index in [2.05, 4.69) is 16.0 Å². The Kier molecular flexibility index (Phi) is 11.3. The van der Waals surface area contributed by atoms with Crippen molar-refractivity contribution in [2.75, 3.05) is 24.9 Å². The third-order valence-electron chi connectivity index (χ3n) is 6.26. The third-order valence-corrected chi connectivity index (χ3v) is 8.01. The van der Waals surface area contributed by atoms with E-state index in [1.807, 2.05) is 6.07 Å². The molecule has 0 aromatic heterocycles. The van der Waals surface area contributed by atoms with Gasteiger partial charge in [-0.05, 0) is 67.6 Å². The fourth-order valence-electron chi connectivity index (χ4n) is 3.97. The van der Waals surface area contributed by atoms with Crippen LogP contribution in [0.1, 0.15) is 22.8 Å². The summed E-state index contributed by atoms with van der Waals surface area (Å²) < 4.78 is 10.6. The summed E-state index contributed by atoms with van der Waals surface area (Å²) in [5.41, 5.74) is 1.66. The first kappa shape index (κ1) is 32.5. The van der Waals surface area contributed by atoms with Crippen molar-refractivity contribution in [3.63, 3.8) is 0 Å². The minimum atomic E-state index is -0.593. The summed E-state index contributed by atoms with van der Waals surface area (Å²) in [5.74, 6) is -0.231. The van der Waals surface area contributed by atoms with Gasteiger partial charge in [-0.1, -0.05) is 53.5 Å². The van der Waals surface area contributed by atoms with Crippen molar-refractivity contribution in [3.05, 3.63) is 118 Å². The van der Waals surface area contributed by atoms with E-state index in [1.165, 1.54) is 24.9 Å². The van der Waals surface area contributed by atoms with Crippen LogP contribution in [0.2, 0.25) is 10.0 Å². The van der Waals surface area contributed by atoms with Gasteiger partial charge in [-0.15, -0.1) is 11.8 Å². The van der Waals surface area contributed by atoms with Crippen molar-refractivity contribution in [2.45, 2.75) is 17.1 Å². The number of halogens is 2. The van der Waals surface area contributed by atoms with E-state index in [4.69, 9.17) is 32.7 Å². The van der Waals surface area contributed by atoms with Crippen molar-refractivity contribution < 1.29 is 23.9 Å². The van der Waals surface area contributed by atoms with Crippen LogP contribution in [0.5, 0.6) is 11.5 Å². The number of nitrogens with one attached hydrogen (secondary N) is 3. The van der Waals surface area contributed by atoms with Gasteiger partial charge in [0.25, 0.3) is 11.8 Å². The molecular formula is C33H29Cl2N3O5S. The molecule has 11 heteroatoms. The number of thioether (sulfide) groups is 1. The van der Waals surface area contributed by atoms with E-state index < -0.39 is 17.1 Å². The maximum atomic E-state index is 13.5. The van der Waals surface area contributed by atoms with Crippen molar-refractivity contribution in [1.82, 2.24) is 5.32 Å². The van der Waals surface area contributed by atoms with Crippen LogP contribution >= 0.6 is 35.0 Å². The molecule has 0 aliphatic heterocycles. The lowest BCUT2D eigenvalue weighted by Crippen LogP contribution is -2.30. The van der Waals surface area contributed by atoms with Crippen LogP contribution in [0.3, 0.4) is 0 Å². The van der Waals surface area contributed by atoms with Crippen LogP contribution in [-0.2, 0) is 9.59 Å². The van der Waals surface area contributed by atoms with Gasteiger partial charge in [-0.3, -0.25) is 14.4 Å². The highest BCUT2D eigenvalue weighted by atomic mass is 35.5. The monoisotopic (exact) mass is 649 g/mol. The first-order valence-corrected chi connectivity index (χ1v) is 14.9. The highest BCUT2D eigenvalue weighted by Gasteiger charge is 2.19. The van der Waals surface area contributed by atoms with Gasteiger partial charge in [0.1, 0.15) is 17.2 Å². The Morgan fingerprint density at radius 2 is 1.52 bits per heavy atom. The molecule has 0 radical (unpaired) electrons. The summed E-state index contributed by atoms with van der Waals surface area (Å²) in [6, 6.07) is 25.6. The highest BCUT2D eigenvalue weighted by Crippen LogP contribution is 2.32. The van der Waals surface area contributed by atoms with Gasteiger partial charge in [0.15, 0.2) is 0 Å². The molecule has 0 aliphatic carbocycles. The fraction of sp³-hybridized carbons (Fsp3) is 0.121. The zero-order valence-corrected chi connectivity index (χ0v) is 26.3. The van der Waals surface area contributed by atoms with Crippen LogP contribution in [0.4, 0.5) is 11.4 Å². The van der Waals surface area contributed by atoms with Crippen molar-refractivity contribution in [2.24, 2.45) is 0 Å². The molecule has 3 amide bonds. The summed E-state index contributed by atoms with van der Waals surface area (Å²) in [4.78, 5) is 40.2. The Morgan fingerprint density at radius 1 is 0.818 bits per heavy atom. The van der Waals surface area contributed by atoms with E-state index in [-0.39, 0.29) is 11.6 Å². The van der Waals surface area contributed by atoms with Crippen LogP contribution in [0.15, 0.2) is 102 Å². The molecule has 44 heavy (non-hydrogen) atoms. The number of hydrogen-bond donors (Lipinski definition) is 3. The van der Waals surface area contributed by atoms with Gasteiger partial charge >= 0.3 is 0 Å². The molecule has 8 nitrogen and oxygen atoms in total. The number of anilines is 2. The molecule has 0 saturated heterocycles. The molecular weight excluding hydrogens is 621 g/mol. The fourth-order valence-corrected chi connectivity index (χ4v) is 5.41. The second-order valence-corrected chi connectivity index (χ2v) is 11.5. The first-order chi connectivity index (χ1) is 21.2. The quantitative estimate of drug-likeness (QED) is 0.114. The minimum Gasteiger partial charge on any atom is -0.497 e. The molecule has 0 fully saturated rings. The van der Waals surface area contributed by atoms with E-state index >= 15 is 0 Å². The van der Waals surface area contributed by atoms with Crippen LogP contribution in [0, 0.1) is 0 Å². The van der Waals surface area contributed by atoms with E-state index in [9.17, 15) is 14.4 Å². The van der Waals surface area contributed by atoms with E-state index in [1.54, 1.807) is 99.0 Å². The smallest absolute Gasteiger partial charge is 0.272 e. The molecule has 0 saturated carbocycles. The number of ether oxygens (including phenoxy) is 2. The van der Waals surface area contributed by atoms with E-state index in [0.717, 1.165) is 4.90 Å². The Hall–Kier alpha value is -4.44. The topological polar surface area (TPSA) is 106 Å². The number of carbonyl (C=O) groups is 3. The van der Waals surface area contributed by atoms with Crippen molar-refractivity contribution >= 4 is 70.1 Å². The average molecular weight is 651 g/mol. The zero-order chi connectivity index (χ0) is 31.6. The summed E-state index contributed by atoms with van der Waals surface area (Å²) in [6.07, 6.45) is 1.43.